The van der Waals surface area contributed by atoms with E-state index < -0.39 is 0 Å². The molecule has 0 atom stereocenters. The van der Waals surface area contributed by atoms with Crippen molar-refractivity contribution in [2.45, 2.75) is 32.7 Å². The second kappa shape index (κ2) is 7.36. The standard InChI is InChI=1S/C15H23NO3/c1-2-16(8-4-3-5-9-17)11-13-6-7-14-15(10-13)19-12-18-14/h6-7,10,17H,2-5,8-9,11-12H2,1H3. The van der Waals surface area contributed by atoms with Gasteiger partial charge in [-0.15, -0.1) is 0 Å². The van der Waals surface area contributed by atoms with Gasteiger partial charge in [0.1, 0.15) is 0 Å². The van der Waals surface area contributed by atoms with Gasteiger partial charge in [-0.2, -0.15) is 0 Å². The van der Waals surface area contributed by atoms with Crippen LogP contribution < -0.4 is 9.47 Å². The van der Waals surface area contributed by atoms with Crippen LogP contribution in [-0.2, 0) is 6.54 Å². The van der Waals surface area contributed by atoms with Crippen molar-refractivity contribution in [3.8, 4) is 11.5 Å². The Kier molecular flexibility index (Phi) is 5.48. The van der Waals surface area contributed by atoms with Crippen molar-refractivity contribution >= 4 is 0 Å². The Bertz CT molecular complexity index is 395. The molecule has 0 spiro atoms. The summed E-state index contributed by atoms with van der Waals surface area (Å²) in [5.41, 5.74) is 1.26. The molecule has 0 radical (unpaired) electrons. The smallest absolute Gasteiger partial charge is 0.231 e. The van der Waals surface area contributed by atoms with E-state index in [0.29, 0.717) is 13.4 Å². The van der Waals surface area contributed by atoms with Gasteiger partial charge in [-0.05, 0) is 50.0 Å². The molecule has 106 valence electrons. The Morgan fingerprint density at radius 3 is 2.79 bits per heavy atom. The van der Waals surface area contributed by atoms with Gasteiger partial charge in [-0.25, -0.2) is 0 Å². The normalized spacial score (nSPS) is 13.2. The fourth-order valence-electron chi connectivity index (χ4n) is 2.27. The molecule has 0 aliphatic carbocycles. The Morgan fingerprint density at radius 1 is 1.16 bits per heavy atom. The van der Waals surface area contributed by atoms with Gasteiger partial charge >= 0.3 is 0 Å². The predicted molar refractivity (Wildman–Crippen MR) is 74.5 cm³/mol. The highest BCUT2D eigenvalue weighted by molar-refractivity contribution is 5.44. The van der Waals surface area contributed by atoms with Crippen LogP contribution in [0.3, 0.4) is 0 Å². The Hall–Kier alpha value is -1.26. The highest BCUT2D eigenvalue weighted by Crippen LogP contribution is 2.32. The number of hydrogen-bond donors (Lipinski definition) is 1. The number of rotatable bonds is 8. The van der Waals surface area contributed by atoms with Crippen LogP contribution in [0.5, 0.6) is 11.5 Å². The minimum Gasteiger partial charge on any atom is -0.454 e. The lowest BCUT2D eigenvalue weighted by Crippen LogP contribution is -2.24. The lowest BCUT2D eigenvalue weighted by atomic mass is 10.1. The summed E-state index contributed by atoms with van der Waals surface area (Å²) in [5, 5.41) is 8.77. The molecule has 0 amide bonds. The second-order valence-electron chi connectivity index (χ2n) is 4.84. The van der Waals surface area contributed by atoms with Crippen molar-refractivity contribution in [2.24, 2.45) is 0 Å². The summed E-state index contributed by atoms with van der Waals surface area (Å²) in [6, 6.07) is 6.15. The average Bonchev–Trinajstić information content (AvgIpc) is 2.89. The average molecular weight is 265 g/mol. The maximum atomic E-state index is 8.77. The minimum absolute atomic E-state index is 0.300. The first-order valence-electron chi connectivity index (χ1n) is 7.05. The Labute approximate surface area is 114 Å². The number of fused-ring (bicyclic) bond motifs is 1. The highest BCUT2D eigenvalue weighted by Gasteiger charge is 2.14. The zero-order valence-electron chi connectivity index (χ0n) is 11.6. The molecule has 19 heavy (non-hydrogen) atoms. The summed E-state index contributed by atoms with van der Waals surface area (Å²) in [6.45, 7) is 5.86. The van der Waals surface area contributed by atoms with Crippen molar-refractivity contribution in [3.63, 3.8) is 0 Å². The van der Waals surface area contributed by atoms with Crippen molar-refractivity contribution in [1.29, 1.82) is 0 Å². The van der Waals surface area contributed by atoms with Crippen molar-refractivity contribution < 1.29 is 14.6 Å². The van der Waals surface area contributed by atoms with E-state index >= 15 is 0 Å². The lowest BCUT2D eigenvalue weighted by molar-refractivity contribution is 0.174. The molecule has 1 heterocycles. The van der Waals surface area contributed by atoms with Gasteiger partial charge in [0.05, 0.1) is 0 Å². The van der Waals surface area contributed by atoms with Crippen LogP contribution in [0.1, 0.15) is 31.7 Å². The predicted octanol–water partition coefficient (Wildman–Crippen LogP) is 2.40. The molecule has 0 fully saturated rings. The SMILES string of the molecule is CCN(CCCCCO)Cc1ccc2c(c1)OCO2. The van der Waals surface area contributed by atoms with Gasteiger partial charge in [0, 0.05) is 13.2 Å². The third-order valence-corrected chi connectivity index (χ3v) is 3.42. The third kappa shape index (κ3) is 4.11. The van der Waals surface area contributed by atoms with Gasteiger partial charge < -0.3 is 14.6 Å². The molecule has 4 nitrogen and oxygen atoms in total. The van der Waals surface area contributed by atoms with Crippen LogP contribution >= 0.6 is 0 Å². The van der Waals surface area contributed by atoms with Crippen LogP contribution in [0.15, 0.2) is 18.2 Å². The van der Waals surface area contributed by atoms with E-state index in [2.05, 4.69) is 24.0 Å². The summed E-state index contributed by atoms with van der Waals surface area (Å²) in [4.78, 5) is 2.41. The molecule has 1 N–H and O–H groups in total. The monoisotopic (exact) mass is 265 g/mol. The van der Waals surface area contributed by atoms with Crippen LogP contribution in [0.25, 0.3) is 0 Å². The van der Waals surface area contributed by atoms with Crippen LogP contribution in [0, 0.1) is 0 Å². The molecule has 4 heteroatoms. The molecule has 0 saturated heterocycles. The van der Waals surface area contributed by atoms with Crippen LogP contribution in [0.2, 0.25) is 0 Å². The summed E-state index contributed by atoms with van der Waals surface area (Å²) in [5.74, 6) is 1.70. The fourth-order valence-corrected chi connectivity index (χ4v) is 2.27. The van der Waals surface area contributed by atoms with Gasteiger partial charge in [0.25, 0.3) is 0 Å². The first-order chi connectivity index (χ1) is 9.33. The largest absolute Gasteiger partial charge is 0.454 e. The molecule has 0 unspecified atom stereocenters. The molecule has 1 aliphatic heterocycles. The molecule has 0 aromatic heterocycles. The van der Waals surface area contributed by atoms with Crippen LogP contribution in [0.4, 0.5) is 0 Å². The van der Waals surface area contributed by atoms with Gasteiger partial charge in [-0.3, -0.25) is 4.90 Å². The molecule has 0 bridgehead atoms. The summed E-state index contributed by atoms with van der Waals surface area (Å²) in [7, 11) is 0. The number of nitrogens with zero attached hydrogens (tertiary/aromatic N) is 1. The van der Waals surface area contributed by atoms with E-state index in [1.54, 1.807) is 0 Å². The van der Waals surface area contributed by atoms with Crippen molar-refractivity contribution in [3.05, 3.63) is 23.8 Å². The van der Waals surface area contributed by atoms with Gasteiger partial charge in [0.15, 0.2) is 11.5 Å². The summed E-state index contributed by atoms with van der Waals surface area (Å²) in [6.07, 6.45) is 3.13. The van der Waals surface area contributed by atoms with Crippen molar-refractivity contribution in [2.75, 3.05) is 26.5 Å². The Morgan fingerprint density at radius 2 is 2.00 bits per heavy atom. The first kappa shape index (κ1) is 14.2. The van der Waals surface area contributed by atoms with E-state index in [-0.39, 0.29) is 0 Å². The first-order valence-corrected chi connectivity index (χ1v) is 7.05. The number of ether oxygens (including phenoxy) is 2. The molecule has 0 saturated carbocycles. The topological polar surface area (TPSA) is 41.9 Å². The maximum absolute atomic E-state index is 8.77. The number of benzene rings is 1. The molecular weight excluding hydrogens is 242 g/mol. The van der Waals surface area contributed by atoms with E-state index in [1.165, 1.54) is 5.56 Å². The van der Waals surface area contributed by atoms with Crippen molar-refractivity contribution in [1.82, 2.24) is 4.90 Å². The summed E-state index contributed by atoms with van der Waals surface area (Å²) < 4.78 is 10.7. The van der Waals surface area contributed by atoms with E-state index in [1.807, 2.05) is 6.07 Å². The lowest BCUT2D eigenvalue weighted by Gasteiger charge is -2.20. The quantitative estimate of drug-likeness (QED) is 0.733. The molecule has 1 aromatic carbocycles. The highest BCUT2D eigenvalue weighted by atomic mass is 16.7. The Balaban J connectivity index is 1.84. The third-order valence-electron chi connectivity index (χ3n) is 3.42. The number of unbranched alkanes of at least 4 members (excludes halogenated alkanes) is 2. The molecular formula is C15H23NO3. The molecule has 1 aliphatic rings. The number of hydrogen-bond acceptors (Lipinski definition) is 4. The maximum Gasteiger partial charge on any atom is 0.231 e. The minimum atomic E-state index is 0.300. The molecule has 2 rings (SSSR count). The fraction of sp³-hybridized carbons (Fsp3) is 0.600. The van der Waals surface area contributed by atoms with Crippen LogP contribution in [-0.4, -0.2) is 36.5 Å². The zero-order valence-corrected chi connectivity index (χ0v) is 11.6. The van der Waals surface area contributed by atoms with E-state index in [9.17, 15) is 0 Å². The second-order valence-corrected chi connectivity index (χ2v) is 4.84. The van der Waals surface area contributed by atoms with E-state index in [0.717, 1.165) is 50.4 Å². The molecule has 1 aromatic rings. The number of aliphatic hydroxyl groups excluding tert-OH is 1. The zero-order chi connectivity index (χ0) is 13.5. The van der Waals surface area contributed by atoms with Gasteiger partial charge in [-0.1, -0.05) is 13.0 Å². The van der Waals surface area contributed by atoms with E-state index in [4.69, 9.17) is 14.6 Å². The summed E-state index contributed by atoms with van der Waals surface area (Å²) >= 11 is 0. The number of aliphatic hydroxyl groups is 1. The van der Waals surface area contributed by atoms with Gasteiger partial charge in [0.2, 0.25) is 6.79 Å².